The molecule has 46 heavy (non-hydrogen) atoms. The van der Waals surface area contributed by atoms with E-state index in [0.29, 0.717) is 58.3 Å². The van der Waals surface area contributed by atoms with Gasteiger partial charge in [0, 0.05) is 42.5 Å². The summed E-state index contributed by atoms with van der Waals surface area (Å²) in [6.45, 7) is 1.13. The van der Waals surface area contributed by atoms with Crippen LogP contribution in [0.1, 0.15) is 36.6 Å². The summed E-state index contributed by atoms with van der Waals surface area (Å²) in [6, 6.07) is 12.2. The van der Waals surface area contributed by atoms with E-state index in [1.807, 2.05) is 0 Å². The molecule has 15 nitrogen and oxygen atoms in total. The van der Waals surface area contributed by atoms with E-state index in [-0.39, 0.29) is 11.9 Å². The predicted molar refractivity (Wildman–Crippen MR) is 169 cm³/mol. The summed E-state index contributed by atoms with van der Waals surface area (Å²) < 4.78 is 1.45. The van der Waals surface area contributed by atoms with E-state index in [9.17, 15) is 19.2 Å². The number of carboxylic acid groups (broad SMARTS) is 1. The zero-order valence-electron chi connectivity index (χ0n) is 24.7. The number of carbonyl (C=O) groups excluding carboxylic acids is 2. The fourth-order valence-corrected chi connectivity index (χ4v) is 5.56. The molecule has 0 spiro atoms. The number of hydrogen-bond donors (Lipinski definition) is 5. The van der Waals surface area contributed by atoms with Gasteiger partial charge < -0.3 is 20.6 Å². The maximum Gasteiger partial charge on any atom is 0.409 e. The van der Waals surface area contributed by atoms with Crippen molar-refractivity contribution in [1.82, 2.24) is 45.9 Å². The Morgan fingerprint density at radius 3 is 2.70 bits per heavy atom. The van der Waals surface area contributed by atoms with Crippen LogP contribution in [-0.4, -0.2) is 78.6 Å². The van der Waals surface area contributed by atoms with Crippen LogP contribution in [-0.2, 0) is 4.79 Å². The van der Waals surface area contributed by atoms with Gasteiger partial charge >= 0.3 is 12.1 Å². The minimum atomic E-state index is -1.20. The Morgan fingerprint density at radius 1 is 1.17 bits per heavy atom. The Hall–Kier alpha value is -5.57. The van der Waals surface area contributed by atoms with Gasteiger partial charge in [0.15, 0.2) is 0 Å². The monoisotopic (exact) mass is 646 g/mol. The molecule has 1 unspecified atom stereocenters. The second-order valence-corrected chi connectivity index (χ2v) is 11.1. The van der Waals surface area contributed by atoms with Crippen molar-refractivity contribution in [2.45, 2.75) is 25.3 Å². The van der Waals surface area contributed by atoms with E-state index in [1.165, 1.54) is 17.1 Å². The number of aromatic amines is 1. The van der Waals surface area contributed by atoms with Crippen LogP contribution in [0, 0.1) is 5.92 Å². The molecule has 238 valence electrons. The lowest BCUT2D eigenvalue weighted by atomic mass is 9.89. The molecule has 2 aromatic carbocycles. The van der Waals surface area contributed by atoms with Crippen molar-refractivity contribution >= 4 is 41.4 Å². The lowest BCUT2D eigenvalue weighted by molar-refractivity contribution is -0.117. The average molecular weight is 647 g/mol. The number of aromatic nitrogens is 6. The number of urea groups is 1. The van der Waals surface area contributed by atoms with Gasteiger partial charge in [-0.3, -0.25) is 14.9 Å². The van der Waals surface area contributed by atoms with Crippen LogP contribution < -0.4 is 21.5 Å². The summed E-state index contributed by atoms with van der Waals surface area (Å²) >= 11 is 6.23. The summed E-state index contributed by atoms with van der Waals surface area (Å²) in [5.41, 5.74) is 2.35. The number of H-pyrrole nitrogens is 1. The zero-order chi connectivity index (χ0) is 32.6. The number of piperidine rings is 1. The van der Waals surface area contributed by atoms with E-state index >= 15 is 0 Å². The molecular formula is C30H31ClN10O5. The summed E-state index contributed by atoms with van der Waals surface area (Å²) in [7, 11) is 1.59. The third-order valence-corrected chi connectivity index (χ3v) is 7.77. The van der Waals surface area contributed by atoms with Gasteiger partial charge in [-0.15, -0.1) is 5.10 Å². The van der Waals surface area contributed by atoms with Gasteiger partial charge in [-0.1, -0.05) is 23.7 Å². The minimum Gasteiger partial charge on any atom is -0.465 e. The lowest BCUT2D eigenvalue weighted by Crippen LogP contribution is -2.45. The number of benzene rings is 2. The van der Waals surface area contributed by atoms with Gasteiger partial charge in [-0.2, -0.15) is 9.78 Å². The summed E-state index contributed by atoms with van der Waals surface area (Å²) in [5.74, 6) is -0.386. The SMILES string of the molecule is CNC(=O)N1CCC[C@@H](CC(NC(=O)C=Cc2cc(Cl)ccc2-n2cnnn2)c2cc(-c3ccc(NC(=O)O)cc3)c(=O)[nH]n2)C1. The summed E-state index contributed by atoms with van der Waals surface area (Å²) in [4.78, 5) is 51.3. The molecule has 5 N–H and O–H groups in total. The van der Waals surface area contributed by atoms with E-state index in [4.69, 9.17) is 16.7 Å². The van der Waals surface area contributed by atoms with Gasteiger partial charge in [-0.25, -0.2) is 14.7 Å². The molecule has 0 aliphatic carbocycles. The zero-order valence-corrected chi connectivity index (χ0v) is 25.4. The highest BCUT2D eigenvalue weighted by Gasteiger charge is 2.28. The molecule has 1 aliphatic rings. The summed E-state index contributed by atoms with van der Waals surface area (Å²) in [6.07, 6.45) is 5.27. The third kappa shape index (κ3) is 7.92. The molecule has 16 heteroatoms. The van der Waals surface area contributed by atoms with Crippen LogP contribution in [0.3, 0.4) is 0 Å². The number of carbonyl (C=O) groups is 3. The number of tetrazole rings is 1. The highest BCUT2D eigenvalue weighted by Crippen LogP contribution is 2.29. The highest BCUT2D eigenvalue weighted by molar-refractivity contribution is 6.30. The van der Waals surface area contributed by atoms with E-state index in [0.717, 1.165) is 12.8 Å². The number of rotatable bonds is 9. The molecule has 1 fully saturated rings. The Morgan fingerprint density at radius 2 is 1.98 bits per heavy atom. The molecule has 0 saturated carbocycles. The maximum absolute atomic E-state index is 13.4. The summed E-state index contributed by atoms with van der Waals surface area (Å²) in [5, 5.41) is 35.5. The smallest absolute Gasteiger partial charge is 0.409 e. The number of hydrogen-bond acceptors (Lipinski definition) is 8. The molecule has 0 bridgehead atoms. The molecule has 2 atom stereocenters. The first-order chi connectivity index (χ1) is 22.2. The van der Waals surface area contributed by atoms with Crippen LogP contribution in [0.5, 0.6) is 0 Å². The topological polar surface area (TPSA) is 200 Å². The lowest BCUT2D eigenvalue weighted by Gasteiger charge is -2.34. The normalized spacial score (nSPS) is 15.3. The number of likely N-dealkylation sites (tertiary alicyclic amines) is 1. The van der Waals surface area contributed by atoms with Crippen LogP contribution in [0.25, 0.3) is 22.9 Å². The van der Waals surface area contributed by atoms with Crippen molar-refractivity contribution in [3.8, 4) is 16.8 Å². The van der Waals surface area contributed by atoms with Crippen molar-refractivity contribution in [2.24, 2.45) is 5.92 Å². The molecule has 1 aliphatic heterocycles. The van der Waals surface area contributed by atoms with Crippen LogP contribution in [0.4, 0.5) is 15.3 Å². The van der Waals surface area contributed by atoms with E-state index in [2.05, 4.69) is 41.7 Å². The quantitative estimate of drug-likeness (QED) is 0.169. The Balaban J connectivity index is 1.43. The molecule has 4 aromatic rings. The molecule has 4 amide bonds. The third-order valence-electron chi connectivity index (χ3n) is 7.53. The number of nitrogens with one attached hydrogen (secondary N) is 4. The van der Waals surface area contributed by atoms with E-state index < -0.39 is 23.6 Å². The van der Waals surface area contributed by atoms with Gasteiger partial charge in [0.1, 0.15) is 6.33 Å². The standard InChI is InChI=1S/C30H31ClN10O5/c1-32-29(44)40-12-2-3-18(16-40)13-24(25-15-23(28(43)37-36-25)19-4-8-22(9-5-19)34-30(45)46)35-27(42)11-6-20-14-21(31)7-10-26(20)41-17-33-38-39-41/h4-11,14-15,17-18,24,34H,2-3,12-13,16H2,1H3,(H,32,44)(H,35,42)(H,37,43)(H,45,46)/t18-,24?/m0/s1. The Kier molecular flexibility index (Phi) is 10.0. The fraction of sp³-hybridized carbons (Fsp3) is 0.267. The first-order valence-electron chi connectivity index (χ1n) is 14.4. The van der Waals surface area contributed by atoms with Crippen LogP contribution in [0.15, 0.2) is 65.7 Å². The molecule has 0 radical (unpaired) electrons. The Bertz CT molecular complexity index is 1790. The Labute approximate surface area is 267 Å². The number of amides is 4. The van der Waals surface area contributed by atoms with Crippen LogP contribution in [0.2, 0.25) is 5.02 Å². The van der Waals surface area contributed by atoms with Gasteiger partial charge in [0.2, 0.25) is 5.91 Å². The van der Waals surface area contributed by atoms with Gasteiger partial charge in [0.25, 0.3) is 5.56 Å². The second kappa shape index (κ2) is 14.5. The minimum absolute atomic E-state index is 0.0400. The molecule has 3 heterocycles. The van der Waals surface area contributed by atoms with Crippen molar-refractivity contribution in [1.29, 1.82) is 0 Å². The molecule has 5 rings (SSSR count). The first kappa shape index (κ1) is 31.8. The maximum atomic E-state index is 13.4. The molecule has 1 saturated heterocycles. The van der Waals surface area contributed by atoms with E-state index in [1.54, 1.807) is 66.6 Å². The van der Waals surface area contributed by atoms with Crippen molar-refractivity contribution < 1.29 is 19.5 Å². The van der Waals surface area contributed by atoms with Crippen molar-refractivity contribution in [3.05, 3.63) is 87.6 Å². The number of anilines is 1. The number of halogens is 1. The number of nitrogens with zero attached hydrogens (tertiary/aromatic N) is 6. The van der Waals surface area contributed by atoms with Gasteiger partial charge in [0.05, 0.1) is 23.0 Å². The fourth-order valence-electron chi connectivity index (χ4n) is 5.38. The molecule has 2 aromatic heterocycles. The van der Waals surface area contributed by atoms with Gasteiger partial charge in [-0.05, 0) is 83.6 Å². The molecular weight excluding hydrogens is 616 g/mol. The second-order valence-electron chi connectivity index (χ2n) is 10.6. The highest BCUT2D eigenvalue weighted by atomic mass is 35.5. The first-order valence-corrected chi connectivity index (χ1v) is 14.8. The van der Waals surface area contributed by atoms with Crippen molar-refractivity contribution in [3.63, 3.8) is 0 Å². The van der Waals surface area contributed by atoms with Crippen molar-refractivity contribution in [2.75, 3.05) is 25.5 Å². The average Bonchev–Trinajstić information content (AvgIpc) is 3.59. The largest absolute Gasteiger partial charge is 0.465 e. The van der Waals surface area contributed by atoms with Crippen LogP contribution >= 0.6 is 11.6 Å². The predicted octanol–water partition coefficient (Wildman–Crippen LogP) is 3.47.